The van der Waals surface area contributed by atoms with E-state index in [9.17, 15) is 4.79 Å². The molecule has 88 valence electrons. The molecule has 1 saturated carbocycles. The van der Waals surface area contributed by atoms with Gasteiger partial charge in [-0.15, -0.1) is 0 Å². The maximum Gasteiger partial charge on any atom is 0.172 e. The highest BCUT2D eigenvalue weighted by molar-refractivity contribution is 6.01. The fourth-order valence-electron chi connectivity index (χ4n) is 2.74. The summed E-state index contributed by atoms with van der Waals surface area (Å²) in [6.45, 7) is 5.88. The Hall–Kier alpha value is -1.05. The summed E-state index contributed by atoms with van der Waals surface area (Å²) in [7, 11) is 0. The summed E-state index contributed by atoms with van der Waals surface area (Å²) < 4.78 is 5.45. The number of carbonyl (C=O) groups is 1. The standard InChI is InChI=1S/C14H20O2/c1-10-9-12(11(2)16-10)13(15)14(3)7-5-4-6-8-14/h9H,4-8H2,1-3H3. The second-order valence-electron chi connectivity index (χ2n) is 5.28. The van der Waals surface area contributed by atoms with Gasteiger partial charge in [-0.25, -0.2) is 0 Å². The number of carbonyl (C=O) groups excluding carboxylic acids is 1. The van der Waals surface area contributed by atoms with Crippen molar-refractivity contribution in [2.45, 2.75) is 52.9 Å². The monoisotopic (exact) mass is 220 g/mol. The van der Waals surface area contributed by atoms with Crippen LogP contribution in [-0.4, -0.2) is 5.78 Å². The average Bonchev–Trinajstić information content (AvgIpc) is 2.58. The fourth-order valence-corrected chi connectivity index (χ4v) is 2.74. The molecule has 0 aliphatic heterocycles. The van der Waals surface area contributed by atoms with Crippen molar-refractivity contribution < 1.29 is 9.21 Å². The van der Waals surface area contributed by atoms with Crippen molar-refractivity contribution in [1.82, 2.24) is 0 Å². The number of Topliss-reactive ketones (excluding diaryl/α,β-unsaturated/α-hetero) is 1. The van der Waals surface area contributed by atoms with E-state index in [1.165, 1.54) is 19.3 Å². The summed E-state index contributed by atoms with van der Waals surface area (Å²) in [6.07, 6.45) is 5.67. The van der Waals surface area contributed by atoms with Crippen LogP contribution < -0.4 is 0 Å². The molecular formula is C14H20O2. The molecule has 0 bridgehead atoms. The third-order valence-corrected chi connectivity index (χ3v) is 3.79. The largest absolute Gasteiger partial charge is 0.466 e. The van der Waals surface area contributed by atoms with Gasteiger partial charge in [0.1, 0.15) is 11.5 Å². The highest BCUT2D eigenvalue weighted by Crippen LogP contribution is 2.39. The SMILES string of the molecule is Cc1cc(C(=O)C2(C)CCCCC2)c(C)o1. The van der Waals surface area contributed by atoms with Gasteiger partial charge in [-0.3, -0.25) is 4.79 Å². The van der Waals surface area contributed by atoms with E-state index in [-0.39, 0.29) is 11.2 Å². The van der Waals surface area contributed by atoms with Crippen LogP contribution in [0.2, 0.25) is 0 Å². The number of aryl methyl sites for hydroxylation is 2. The number of rotatable bonds is 2. The zero-order chi connectivity index (χ0) is 11.8. The summed E-state index contributed by atoms with van der Waals surface area (Å²) in [5.41, 5.74) is 0.640. The van der Waals surface area contributed by atoms with E-state index < -0.39 is 0 Å². The number of hydrogen-bond donors (Lipinski definition) is 0. The van der Waals surface area contributed by atoms with Crippen LogP contribution in [0.25, 0.3) is 0 Å². The first-order valence-electron chi connectivity index (χ1n) is 6.15. The molecule has 0 spiro atoms. The highest BCUT2D eigenvalue weighted by atomic mass is 16.3. The van der Waals surface area contributed by atoms with Crippen LogP contribution in [0.5, 0.6) is 0 Å². The topological polar surface area (TPSA) is 30.2 Å². The van der Waals surface area contributed by atoms with Crippen LogP contribution in [-0.2, 0) is 0 Å². The number of hydrogen-bond acceptors (Lipinski definition) is 2. The molecule has 1 fully saturated rings. The van der Waals surface area contributed by atoms with Crippen LogP contribution in [0.4, 0.5) is 0 Å². The van der Waals surface area contributed by atoms with Gasteiger partial charge in [-0.1, -0.05) is 26.2 Å². The first-order chi connectivity index (χ1) is 7.53. The molecule has 0 atom stereocenters. The van der Waals surface area contributed by atoms with E-state index in [4.69, 9.17) is 4.42 Å². The lowest BCUT2D eigenvalue weighted by Gasteiger charge is -2.31. The molecule has 1 aliphatic rings. The maximum atomic E-state index is 12.5. The quantitative estimate of drug-likeness (QED) is 0.704. The molecule has 0 aromatic carbocycles. The Labute approximate surface area is 97.0 Å². The summed E-state index contributed by atoms with van der Waals surface area (Å²) in [4.78, 5) is 12.5. The van der Waals surface area contributed by atoms with Crippen molar-refractivity contribution in [3.8, 4) is 0 Å². The van der Waals surface area contributed by atoms with Gasteiger partial charge < -0.3 is 4.42 Å². The predicted molar refractivity (Wildman–Crippen MR) is 63.7 cm³/mol. The van der Waals surface area contributed by atoms with Crippen LogP contribution in [0, 0.1) is 19.3 Å². The molecule has 1 aromatic rings. The Morgan fingerprint density at radius 2 is 1.88 bits per heavy atom. The molecule has 0 saturated heterocycles. The van der Waals surface area contributed by atoms with Gasteiger partial charge in [-0.05, 0) is 32.8 Å². The average molecular weight is 220 g/mol. The van der Waals surface area contributed by atoms with Gasteiger partial charge in [0.2, 0.25) is 0 Å². The first-order valence-corrected chi connectivity index (χ1v) is 6.15. The van der Waals surface area contributed by atoms with Gasteiger partial charge in [0.15, 0.2) is 5.78 Å². The van der Waals surface area contributed by atoms with E-state index in [0.717, 1.165) is 29.9 Å². The Morgan fingerprint density at radius 1 is 1.25 bits per heavy atom. The lowest BCUT2D eigenvalue weighted by Crippen LogP contribution is -2.30. The van der Waals surface area contributed by atoms with Crippen LogP contribution in [0.15, 0.2) is 10.5 Å². The van der Waals surface area contributed by atoms with Gasteiger partial charge >= 0.3 is 0 Å². The van der Waals surface area contributed by atoms with Gasteiger partial charge in [0.05, 0.1) is 5.56 Å². The van der Waals surface area contributed by atoms with E-state index >= 15 is 0 Å². The van der Waals surface area contributed by atoms with Gasteiger partial charge in [0, 0.05) is 5.41 Å². The van der Waals surface area contributed by atoms with E-state index in [1.54, 1.807) is 0 Å². The minimum absolute atomic E-state index is 0.153. The van der Waals surface area contributed by atoms with Crippen molar-refractivity contribution in [2.75, 3.05) is 0 Å². The molecule has 0 radical (unpaired) electrons. The third-order valence-electron chi connectivity index (χ3n) is 3.79. The zero-order valence-corrected chi connectivity index (χ0v) is 10.4. The zero-order valence-electron chi connectivity index (χ0n) is 10.4. The summed E-state index contributed by atoms with van der Waals surface area (Å²) in [5, 5.41) is 0. The van der Waals surface area contributed by atoms with Crippen LogP contribution in [0.3, 0.4) is 0 Å². The Balaban J connectivity index is 2.27. The van der Waals surface area contributed by atoms with Gasteiger partial charge in [0.25, 0.3) is 0 Å². The van der Waals surface area contributed by atoms with Gasteiger partial charge in [-0.2, -0.15) is 0 Å². The molecule has 16 heavy (non-hydrogen) atoms. The summed E-state index contributed by atoms with van der Waals surface area (Å²) >= 11 is 0. The molecular weight excluding hydrogens is 200 g/mol. The molecule has 0 unspecified atom stereocenters. The predicted octanol–water partition coefficient (Wildman–Crippen LogP) is 4.05. The number of furan rings is 1. The molecule has 1 aliphatic carbocycles. The van der Waals surface area contributed by atoms with Crippen molar-refractivity contribution in [2.24, 2.45) is 5.41 Å². The molecule has 2 heteroatoms. The molecule has 1 aromatic heterocycles. The second kappa shape index (κ2) is 4.08. The number of ketones is 1. The Kier molecular flexibility index (Phi) is 2.92. The Morgan fingerprint density at radius 3 is 2.38 bits per heavy atom. The molecule has 0 N–H and O–H groups in total. The second-order valence-corrected chi connectivity index (χ2v) is 5.28. The first kappa shape index (κ1) is 11.4. The van der Waals surface area contributed by atoms with E-state index in [0.29, 0.717) is 0 Å². The summed E-state index contributed by atoms with van der Waals surface area (Å²) in [5.74, 6) is 1.89. The molecule has 2 rings (SSSR count). The van der Waals surface area contributed by atoms with Crippen molar-refractivity contribution in [3.63, 3.8) is 0 Å². The lowest BCUT2D eigenvalue weighted by molar-refractivity contribution is 0.0748. The third kappa shape index (κ3) is 1.93. The smallest absolute Gasteiger partial charge is 0.172 e. The fraction of sp³-hybridized carbons (Fsp3) is 0.643. The molecule has 2 nitrogen and oxygen atoms in total. The molecule has 1 heterocycles. The van der Waals surface area contributed by atoms with E-state index in [1.807, 2.05) is 19.9 Å². The van der Waals surface area contributed by atoms with Crippen molar-refractivity contribution in [1.29, 1.82) is 0 Å². The lowest BCUT2D eigenvalue weighted by atomic mass is 9.71. The molecule has 0 amide bonds. The minimum Gasteiger partial charge on any atom is -0.466 e. The Bertz CT molecular complexity index is 395. The highest BCUT2D eigenvalue weighted by Gasteiger charge is 2.36. The van der Waals surface area contributed by atoms with Crippen LogP contribution in [0.1, 0.15) is 60.9 Å². The van der Waals surface area contributed by atoms with Crippen LogP contribution >= 0.6 is 0 Å². The normalized spacial score (nSPS) is 19.7. The summed E-state index contributed by atoms with van der Waals surface area (Å²) in [6, 6.07) is 1.89. The van der Waals surface area contributed by atoms with Crippen molar-refractivity contribution >= 4 is 5.78 Å². The minimum atomic E-state index is -0.153. The van der Waals surface area contributed by atoms with E-state index in [2.05, 4.69) is 6.92 Å². The maximum absolute atomic E-state index is 12.5. The van der Waals surface area contributed by atoms with Crippen molar-refractivity contribution in [3.05, 3.63) is 23.2 Å².